The Morgan fingerprint density at radius 1 is 1.27 bits per heavy atom. The Morgan fingerprint density at radius 3 is 2.96 bits per heavy atom. The van der Waals surface area contributed by atoms with E-state index in [0.29, 0.717) is 27.3 Å². The Bertz CT molecular complexity index is 953. The molecule has 0 radical (unpaired) electrons. The van der Waals surface area contributed by atoms with Gasteiger partial charge in [0.15, 0.2) is 16.7 Å². The number of hydrogen-bond acceptors (Lipinski definition) is 6. The number of carbonyl (C=O) groups excluding carboxylic acids is 1. The number of carbonyl (C=O) groups is 1. The number of nitrogens with one attached hydrogen (secondary N) is 1. The van der Waals surface area contributed by atoms with Crippen molar-refractivity contribution >= 4 is 34.6 Å². The van der Waals surface area contributed by atoms with E-state index in [-0.39, 0.29) is 12.7 Å². The van der Waals surface area contributed by atoms with Crippen LogP contribution in [0, 0.1) is 6.92 Å². The molecule has 1 N–H and O–H groups in total. The molecule has 0 aromatic heterocycles. The van der Waals surface area contributed by atoms with Crippen molar-refractivity contribution in [3.05, 3.63) is 52.4 Å². The smallest absolute Gasteiger partial charge is 0.264 e. The third-order valence-corrected chi connectivity index (χ3v) is 4.77. The molecule has 1 fully saturated rings. The maximum atomic E-state index is 12.3. The highest BCUT2D eigenvalue weighted by molar-refractivity contribution is 8.18. The molecule has 7 heteroatoms. The van der Waals surface area contributed by atoms with Crippen LogP contribution in [-0.2, 0) is 4.79 Å². The highest BCUT2D eigenvalue weighted by Gasteiger charge is 2.25. The lowest BCUT2D eigenvalue weighted by atomic mass is 10.1. The molecular formula is C19H16N2O4S. The van der Waals surface area contributed by atoms with Crippen molar-refractivity contribution in [1.82, 2.24) is 5.32 Å². The minimum Gasteiger partial charge on any atom is -0.493 e. The molecule has 1 saturated heterocycles. The van der Waals surface area contributed by atoms with Gasteiger partial charge in [-0.1, -0.05) is 12.1 Å². The van der Waals surface area contributed by atoms with E-state index in [4.69, 9.17) is 14.2 Å². The standard InChI is InChI=1S/C19H16N2O4S/c1-11-4-3-5-13(6-11)20-19-21-18(22)16(26-19)9-12-7-14(23-2)17-15(8-12)24-10-25-17/h3-9H,10H2,1-2H3,(H,20,21,22)/b16-9-. The molecule has 2 aliphatic rings. The first-order valence-electron chi connectivity index (χ1n) is 7.96. The van der Waals surface area contributed by atoms with Gasteiger partial charge in [-0.2, -0.15) is 0 Å². The Morgan fingerprint density at radius 2 is 2.15 bits per heavy atom. The average molecular weight is 368 g/mol. The van der Waals surface area contributed by atoms with E-state index in [1.165, 1.54) is 11.8 Å². The zero-order valence-electron chi connectivity index (χ0n) is 14.2. The van der Waals surface area contributed by atoms with Crippen LogP contribution in [0.15, 0.2) is 46.3 Å². The Balaban J connectivity index is 1.62. The van der Waals surface area contributed by atoms with Gasteiger partial charge >= 0.3 is 0 Å². The van der Waals surface area contributed by atoms with Crippen molar-refractivity contribution in [3.8, 4) is 17.2 Å². The number of aliphatic imine (C=N–C) groups is 1. The first-order chi connectivity index (χ1) is 12.6. The van der Waals surface area contributed by atoms with Gasteiger partial charge in [-0.25, -0.2) is 4.99 Å². The number of aryl methyl sites for hydroxylation is 1. The molecule has 2 aliphatic heterocycles. The normalized spacial score (nSPS) is 18.5. The highest BCUT2D eigenvalue weighted by Crippen LogP contribution is 2.42. The summed E-state index contributed by atoms with van der Waals surface area (Å²) in [5, 5.41) is 3.35. The number of thioether (sulfide) groups is 1. The fourth-order valence-corrected chi connectivity index (χ4v) is 3.52. The number of amides is 1. The molecule has 0 saturated carbocycles. The molecule has 1 amide bonds. The SMILES string of the molecule is COc1cc(/C=C2\SC(=Nc3cccc(C)c3)NC2=O)cc2c1OCO2. The first-order valence-corrected chi connectivity index (χ1v) is 8.78. The van der Waals surface area contributed by atoms with E-state index in [2.05, 4.69) is 10.3 Å². The fraction of sp³-hybridized carbons (Fsp3) is 0.158. The van der Waals surface area contributed by atoms with Crippen molar-refractivity contribution in [2.45, 2.75) is 6.92 Å². The first kappa shape index (κ1) is 16.5. The summed E-state index contributed by atoms with van der Waals surface area (Å²) in [6.45, 7) is 2.16. The van der Waals surface area contributed by atoms with Crippen LogP contribution in [0.5, 0.6) is 17.2 Å². The fourth-order valence-electron chi connectivity index (χ4n) is 2.68. The highest BCUT2D eigenvalue weighted by atomic mass is 32.2. The Hall–Kier alpha value is -2.93. The summed E-state index contributed by atoms with van der Waals surface area (Å²) >= 11 is 1.30. The van der Waals surface area contributed by atoms with E-state index < -0.39 is 0 Å². The number of methoxy groups -OCH3 is 1. The number of fused-ring (bicyclic) bond motifs is 1. The molecule has 2 aromatic carbocycles. The molecule has 0 atom stereocenters. The summed E-state index contributed by atoms with van der Waals surface area (Å²) in [6.07, 6.45) is 1.78. The summed E-state index contributed by atoms with van der Waals surface area (Å²) in [5.74, 6) is 1.58. The molecule has 26 heavy (non-hydrogen) atoms. The van der Waals surface area contributed by atoms with Crippen LogP contribution in [0.3, 0.4) is 0 Å². The zero-order valence-corrected chi connectivity index (χ0v) is 15.1. The van der Waals surface area contributed by atoms with Crippen LogP contribution in [0.1, 0.15) is 11.1 Å². The minimum absolute atomic E-state index is 0.161. The molecule has 2 heterocycles. The molecule has 4 rings (SSSR count). The van der Waals surface area contributed by atoms with Gasteiger partial charge in [-0.3, -0.25) is 4.79 Å². The maximum absolute atomic E-state index is 12.3. The van der Waals surface area contributed by atoms with Gasteiger partial charge < -0.3 is 19.5 Å². The topological polar surface area (TPSA) is 69.2 Å². The number of nitrogens with zero attached hydrogens (tertiary/aromatic N) is 1. The summed E-state index contributed by atoms with van der Waals surface area (Å²) in [5.41, 5.74) is 2.71. The van der Waals surface area contributed by atoms with Crippen molar-refractivity contribution in [2.24, 2.45) is 4.99 Å². The largest absolute Gasteiger partial charge is 0.493 e. The van der Waals surface area contributed by atoms with Gasteiger partial charge in [0.2, 0.25) is 12.5 Å². The lowest BCUT2D eigenvalue weighted by Crippen LogP contribution is -2.19. The number of rotatable bonds is 3. The van der Waals surface area contributed by atoms with Crippen LogP contribution in [0.25, 0.3) is 6.08 Å². The van der Waals surface area contributed by atoms with E-state index in [1.54, 1.807) is 13.2 Å². The van der Waals surface area contributed by atoms with Gasteiger partial charge in [0, 0.05) is 0 Å². The van der Waals surface area contributed by atoms with Crippen molar-refractivity contribution in [2.75, 3.05) is 13.9 Å². The average Bonchev–Trinajstić information content (AvgIpc) is 3.21. The van der Waals surface area contributed by atoms with Crippen molar-refractivity contribution < 1.29 is 19.0 Å². The van der Waals surface area contributed by atoms with Gasteiger partial charge in [0.1, 0.15) is 0 Å². The second-order valence-corrected chi connectivity index (χ2v) is 6.81. The van der Waals surface area contributed by atoms with Gasteiger partial charge in [-0.15, -0.1) is 0 Å². The molecule has 0 bridgehead atoms. The Kier molecular flexibility index (Phi) is 4.30. The number of benzene rings is 2. The second kappa shape index (κ2) is 6.76. The summed E-state index contributed by atoms with van der Waals surface area (Å²) in [4.78, 5) is 17.3. The molecule has 132 valence electrons. The number of ether oxygens (including phenoxy) is 3. The van der Waals surface area contributed by atoms with E-state index in [1.807, 2.05) is 43.3 Å². The van der Waals surface area contributed by atoms with E-state index in [0.717, 1.165) is 16.8 Å². The molecule has 0 aliphatic carbocycles. The third-order valence-electron chi connectivity index (χ3n) is 3.86. The van der Waals surface area contributed by atoms with Crippen LogP contribution >= 0.6 is 11.8 Å². The lowest BCUT2D eigenvalue weighted by Gasteiger charge is -2.06. The second-order valence-electron chi connectivity index (χ2n) is 5.78. The van der Waals surface area contributed by atoms with Crippen molar-refractivity contribution in [1.29, 1.82) is 0 Å². The van der Waals surface area contributed by atoms with Crippen LogP contribution in [-0.4, -0.2) is 25.0 Å². The molecule has 2 aromatic rings. The lowest BCUT2D eigenvalue weighted by molar-refractivity contribution is -0.115. The van der Waals surface area contributed by atoms with E-state index in [9.17, 15) is 4.79 Å². The zero-order chi connectivity index (χ0) is 18.1. The van der Waals surface area contributed by atoms with E-state index >= 15 is 0 Å². The number of amidine groups is 1. The summed E-state index contributed by atoms with van der Waals surface area (Å²) in [6, 6.07) is 11.4. The van der Waals surface area contributed by atoms with Crippen LogP contribution in [0.2, 0.25) is 0 Å². The number of hydrogen-bond donors (Lipinski definition) is 1. The Labute approximate surface area is 154 Å². The van der Waals surface area contributed by atoms with Crippen molar-refractivity contribution in [3.63, 3.8) is 0 Å². The monoisotopic (exact) mass is 368 g/mol. The van der Waals surface area contributed by atoms with Gasteiger partial charge in [0.25, 0.3) is 5.91 Å². The molecule has 0 spiro atoms. The maximum Gasteiger partial charge on any atom is 0.264 e. The summed E-state index contributed by atoms with van der Waals surface area (Å²) in [7, 11) is 1.57. The van der Waals surface area contributed by atoms with Crippen LogP contribution < -0.4 is 19.5 Å². The summed E-state index contributed by atoms with van der Waals surface area (Å²) < 4.78 is 16.1. The molecular weight excluding hydrogens is 352 g/mol. The third kappa shape index (κ3) is 3.25. The predicted octanol–water partition coefficient (Wildman–Crippen LogP) is 3.62. The predicted molar refractivity (Wildman–Crippen MR) is 101 cm³/mol. The molecule has 6 nitrogen and oxygen atoms in total. The van der Waals surface area contributed by atoms with Gasteiger partial charge in [0.05, 0.1) is 17.7 Å². The minimum atomic E-state index is -0.182. The van der Waals surface area contributed by atoms with Gasteiger partial charge in [-0.05, 0) is 60.2 Å². The van der Waals surface area contributed by atoms with Crippen LogP contribution in [0.4, 0.5) is 5.69 Å². The quantitative estimate of drug-likeness (QED) is 0.838. The molecule has 0 unspecified atom stereocenters.